The summed E-state index contributed by atoms with van der Waals surface area (Å²) in [4.78, 5) is 25.5. The highest BCUT2D eigenvalue weighted by atomic mass is 16.1. The van der Waals surface area contributed by atoms with Crippen LogP contribution in [0, 0.1) is 5.41 Å². The molecular formula is C26H34O2. The van der Waals surface area contributed by atoms with E-state index in [-0.39, 0.29) is 17.0 Å². The lowest BCUT2D eigenvalue weighted by molar-refractivity contribution is 0.0973. The normalized spacial score (nSPS) is 18.2. The Kier molecular flexibility index (Phi) is 7.35. The maximum atomic E-state index is 12.9. The van der Waals surface area contributed by atoms with Crippen molar-refractivity contribution >= 4 is 11.6 Å². The molecule has 0 saturated heterocycles. The molecule has 0 heterocycles. The van der Waals surface area contributed by atoms with Gasteiger partial charge < -0.3 is 0 Å². The number of fused-ring (bicyclic) bond motifs is 1. The van der Waals surface area contributed by atoms with Crippen LogP contribution in [0.1, 0.15) is 94.4 Å². The number of allylic oxidation sites excluding steroid dienone is 6. The number of rotatable bonds is 6. The molecule has 0 aromatic heterocycles. The molecular weight excluding hydrogens is 344 g/mol. The summed E-state index contributed by atoms with van der Waals surface area (Å²) in [6.45, 7) is 12.5. The largest absolute Gasteiger partial charge is 0.289 e. The van der Waals surface area contributed by atoms with Gasteiger partial charge in [-0.2, -0.15) is 0 Å². The smallest absolute Gasteiger partial charge is 0.190 e. The van der Waals surface area contributed by atoms with Crippen molar-refractivity contribution in [1.82, 2.24) is 0 Å². The number of benzene rings is 1. The van der Waals surface area contributed by atoms with Crippen molar-refractivity contribution in [3.8, 4) is 0 Å². The fraction of sp³-hybridized carbons (Fsp3) is 0.462. The number of hydrogen-bond acceptors (Lipinski definition) is 2. The Morgan fingerprint density at radius 1 is 1.07 bits per heavy atom. The van der Waals surface area contributed by atoms with Gasteiger partial charge in [-0.1, -0.05) is 75.3 Å². The number of ketones is 2. The van der Waals surface area contributed by atoms with E-state index in [4.69, 9.17) is 0 Å². The summed E-state index contributed by atoms with van der Waals surface area (Å²) in [5, 5.41) is 0. The van der Waals surface area contributed by atoms with E-state index in [9.17, 15) is 9.59 Å². The SMILES string of the molecule is CC.CCC(C)(CC=C1CC1)/C(C)=C/CC1=C(C)C(=O)c2ccccc2C1=O. The Balaban J connectivity index is 0.00000136. The highest BCUT2D eigenvalue weighted by Gasteiger charge is 2.29. The molecule has 150 valence electrons. The molecule has 2 aliphatic rings. The van der Waals surface area contributed by atoms with Crippen LogP contribution in [-0.2, 0) is 0 Å². The number of hydrogen-bond donors (Lipinski definition) is 0. The second-order valence-electron chi connectivity index (χ2n) is 7.88. The van der Waals surface area contributed by atoms with Crippen LogP contribution in [0.25, 0.3) is 0 Å². The van der Waals surface area contributed by atoms with Gasteiger partial charge in [-0.25, -0.2) is 0 Å². The van der Waals surface area contributed by atoms with Gasteiger partial charge in [0.2, 0.25) is 0 Å². The van der Waals surface area contributed by atoms with Crippen molar-refractivity contribution in [1.29, 1.82) is 0 Å². The molecule has 1 atom stereocenters. The minimum atomic E-state index is -0.0158. The van der Waals surface area contributed by atoms with Crippen LogP contribution in [0.4, 0.5) is 0 Å². The zero-order valence-electron chi connectivity index (χ0n) is 18.3. The van der Waals surface area contributed by atoms with Gasteiger partial charge in [0, 0.05) is 22.3 Å². The maximum absolute atomic E-state index is 12.9. The van der Waals surface area contributed by atoms with Crippen LogP contribution in [-0.4, -0.2) is 11.6 Å². The first-order valence-electron chi connectivity index (χ1n) is 10.6. The van der Waals surface area contributed by atoms with Gasteiger partial charge in [0.15, 0.2) is 11.6 Å². The van der Waals surface area contributed by atoms with Crippen molar-refractivity contribution in [2.24, 2.45) is 5.41 Å². The fourth-order valence-corrected chi connectivity index (χ4v) is 3.53. The molecule has 28 heavy (non-hydrogen) atoms. The second-order valence-corrected chi connectivity index (χ2v) is 7.88. The average molecular weight is 379 g/mol. The summed E-state index contributed by atoms with van der Waals surface area (Å²) in [5.41, 5.74) is 5.31. The Morgan fingerprint density at radius 2 is 1.64 bits per heavy atom. The highest BCUT2D eigenvalue weighted by Crippen LogP contribution is 2.39. The molecule has 1 fully saturated rings. The number of carbonyl (C=O) groups is 2. The van der Waals surface area contributed by atoms with Crippen molar-refractivity contribution in [2.45, 2.75) is 73.6 Å². The molecule has 0 spiro atoms. The van der Waals surface area contributed by atoms with Gasteiger partial charge >= 0.3 is 0 Å². The first-order chi connectivity index (χ1) is 13.4. The van der Waals surface area contributed by atoms with E-state index in [0.717, 1.165) is 12.8 Å². The van der Waals surface area contributed by atoms with E-state index in [0.29, 0.717) is 28.7 Å². The summed E-state index contributed by atoms with van der Waals surface area (Å²) >= 11 is 0. The standard InChI is InChI=1S/C24H28O2.C2H6/c1-5-24(4,15-14-18-11-12-18)16(2)10-13-19-17(3)22(25)20-8-6-7-9-21(20)23(19)26;1-2/h6-10,14H,5,11-13,15H2,1-4H3;1-2H3/b16-10+;. The number of carbonyl (C=O) groups excluding carboxylic acids is 2. The zero-order chi connectivity index (χ0) is 20.9. The van der Waals surface area contributed by atoms with Crippen molar-refractivity contribution in [3.05, 3.63) is 69.8 Å². The van der Waals surface area contributed by atoms with Crippen LogP contribution >= 0.6 is 0 Å². The Labute approximate surface area is 170 Å². The lowest BCUT2D eigenvalue weighted by Crippen LogP contribution is -2.21. The first-order valence-corrected chi connectivity index (χ1v) is 10.6. The summed E-state index contributed by atoms with van der Waals surface area (Å²) in [6.07, 6.45) is 9.70. The monoisotopic (exact) mass is 378 g/mol. The average Bonchev–Trinajstić information content (AvgIpc) is 3.56. The molecule has 0 N–H and O–H groups in total. The van der Waals surface area contributed by atoms with E-state index in [1.54, 1.807) is 24.6 Å². The lowest BCUT2D eigenvalue weighted by atomic mass is 9.76. The van der Waals surface area contributed by atoms with Crippen molar-refractivity contribution < 1.29 is 9.59 Å². The topological polar surface area (TPSA) is 34.1 Å². The fourth-order valence-electron chi connectivity index (χ4n) is 3.53. The third-order valence-electron chi connectivity index (χ3n) is 6.21. The van der Waals surface area contributed by atoms with Gasteiger partial charge in [-0.05, 0) is 51.4 Å². The molecule has 1 aromatic carbocycles. The lowest BCUT2D eigenvalue weighted by Gasteiger charge is -2.29. The number of Topliss-reactive ketones (excluding diaryl/α,β-unsaturated/α-hetero) is 2. The molecule has 0 bridgehead atoms. The van der Waals surface area contributed by atoms with E-state index in [1.807, 2.05) is 26.0 Å². The van der Waals surface area contributed by atoms with Gasteiger partial charge in [-0.3, -0.25) is 9.59 Å². The third kappa shape index (κ3) is 4.60. The molecule has 1 saturated carbocycles. The van der Waals surface area contributed by atoms with Gasteiger partial charge in [-0.15, -0.1) is 0 Å². The van der Waals surface area contributed by atoms with E-state index in [2.05, 4.69) is 32.9 Å². The van der Waals surface area contributed by atoms with Gasteiger partial charge in [0.25, 0.3) is 0 Å². The van der Waals surface area contributed by atoms with Crippen LogP contribution in [0.2, 0.25) is 0 Å². The minimum absolute atomic E-state index is 0.0000463. The molecule has 2 aliphatic carbocycles. The quantitative estimate of drug-likeness (QED) is 0.488. The summed E-state index contributed by atoms with van der Waals surface area (Å²) < 4.78 is 0. The first kappa shape index (κ1) is 22.1. The summed E-state index contributed by atoms with van der Waals surface area (Å²) in [5.74, 6) is -0.0157. The van der Waals surface area contributed by atoms with Gasteiger partial charge in [0.1, 0.15) is 0 Å². The Morgan fingerprint density at radius 3 is 2.18 bits per heavy atom. The Hall–Kier alpha value is -2.22. The molecule has 0 radical (unpaired) electrons. The maximum Gasteiger partial charge on any atom is 0.190 e. The third-order valence-corrected chi connectivity index (χ3v) is 6.21. The minimum Gasteiger partial charge on any atom is -0.289 e. The van der Waals surface area contributed by atoms with Crippen LogP contribution < -0.4 is 0 Å². The van der Waals surface area contributed by atoms with Crippen molar-refractivity contribution in [3.63, 3.8) is 0 Å². The van der Waals surface area contributed by atoms with E-state index >= 15 is 0 Å². The highest BCUT2D eigenvalue weighted by molar-refractivity contribution is 6.26. The molecule has 2 heteroatoms. The molecule has 1 aromatic rings. The molecule has 1 unspecified atom stereocenters. The van der Waals surface area contributed by atoms with Crippen LogP contribution in [0.5, 0.6) is 0 Å². The zero-order valence-corrected chi connectivity index (χ0v) is 18.3. The Bertz CT molecular complexity index is 845. The molecule has 2 nitrogen and oxygen atoms in total. The van der Waals surface area contributed by atoms with Crippen LogP contribution in [0.15, 0.2) is 58.7 Å². The molecule has 0 amide bonds. The molecule has 3 rings (SSSR count). The molecule has 0 aliphatic heterocycles. The van der Waals surface area contributed by atoms with Gasteiger partial charge in [0.05, 0.1) is 0 Å². The second kappa shape index (κ2) is 9.32. The summed E-state index contributed by atoms with van der Waals surface area (Å²) in [7, 11) is 0. The predicted molar refractivity (Wildman–Crippen MR) is 118 cm³/mol. The summed E-state index contributed by atoms with van der Waals surface area (Å²) in [6, 6.07) is 7.14. The van der Waals surface area contributed by atoms with E-state index < -0.39 is 0 Å². The van der Waals surface area contributed by atoms with E-state index in [1.165, 1.54) is 18.4 Å². The predicted octanol–water partition coefficient (Wildman–Crippen LogP) is 7.27. The van der Waals surface area contributed by atoms with Crippen molar-refractivity contribution in [2.75, 3.05) is 0 Å². The van der Waals surface area contributed by atoms with Crippen LogP contribution in [0.3, 0.4) is 0 Å².